The van der Waals surface area contributed by atoms with Gasteiger partial charge in [0.25, 0.3) is 0 Å². The van der Waals surface area contributed by atoms with Gasteiger partial charge in [-0.15, -0.1) is 0 Å². The van der Waals surface area contributed by atoms with Crippen molar-refractivity contribution in [1.82, 2.24) is 4.98 Å². The molecule has 1 aromatic carbocycles. The molecule has 0 radical (unpaired) electrons. The topological polar surface area (TPSA) is 61.3 Å². The molecule has 0 atom stereocenters. The maximum Gasteiger partial charge on any atom is 0.147 e. The number of hydrogen-bond donors (Lipinski definition) is 1. The lowest BCUT2D eigenvalue weighted by Crippen LogP contribution is -2.02. The molecule has 3 aromatic rings. The van der Waals surface area contributed by atoms with Gasteiger partial charge in [0, 0.05) is 23.7 Å². The lowest BCUT2D eigenvalue weighted by Gasteiger charge is -2.04. The van der Waals surface area contributed by atoms with E-state index in [0.717, 1.165) is 22.3 Å². The molecular weight excluding hydrogens is 240 g/mol. The van der Waals surface area contributed by atoms with Crippen LogP contribution in [0, 0.1) is 0 Å². The Morgan fingerprint density at radius 1 is 1.16 bits per heavy atom. The number of ether oxygens (including phenoxy) is 1. The molecule has 0 bridgehead atoms. The number of rotatable bonds is 4. The summed E-state index contributed by atoms with van der Waals surface area (Å²) in [4.78, 5) is 4.00. The van der Waals surface area contributed by atoms with Crippen LogP contribution < -0.4 is 10.5 Å². The fraction of sp³-hybridized carbons (Fsp3) is 0.133. The number of nitrogens with zero attached hydrogens (tertiary/aromatic N) is 1. The summed E-state index contributed by atoms with van der Waals surface area (Å²) < 4.78 is 11.4. The summed E-state index contributed by atoms with van der Waals surface area (Å²) in [6, 6.07) is 11.5. The molecule has 0 saturated heterocycles. The van der Waals surface area contributed by atoms with E-state index in [4.69, 9.17) is 14.9 Å². The Labute approximate surface area is 110 Å². The molecular formula is C15H14N2O2. The zero-order valence-corrected chi connectivity index (χ0v) is 10.4. The van der Waals surface area contributed by atoms with Crippen LogP contribution in [-0.2, 0) is 13.2 Å². The molecule has 2 aromatic heterocycles. The molecule has 2 N–H and O–H groups in total. The minimum absolute atomic E-state index is 0.354. The van der Waals surface area contributed by atoms with Crippen molar-refractivity contribution in [1.29, 1.82) is 0 Å². The van der Waals surface area contributed by atoms with Crippen LogP contribution in [-0.4, -0.2) is 4.98 Å². The van der Waals surface area contributed by atoms with Crippen LogP contribution >= 0.6 is 0 Å². The Morgan fingerprint density at radius 2 is 2.05 bits per heavy atom. The molecule has 0 fully saturated rings. The molecule has 0 amide bonds. The average molecular weight is 254 g/mol. The number of benzene rings is 1. The van der Waals surface area contributed by atoms with Crippen molar-refractivity contribution in [3.05, 3.63) is 60.1 Å². The number of hydrogen-bond acceptors (Lipinski definition) is 4. The highest BCUT2D eigenvalue weighted by atomic mass is 16.5. The van der Waals surface area contributed by atoms with Crippen molar-refractivity contribution >= 4 is 11.0 Å². The smallest absolute Gasteiger partial charge is 0.147 e. The van der Waals surface area contributed by atoms with Crippen LogP contribution in [0.5, 0.6) is 5.75 Å². The molecule has 0 unspecified atom stereocenters. The van der Waals surface area contributed by atoms with Gasteiger partial charge in [-0.2, -0.15) is 0 Å². The van der Waals surface area contributed by atoms with Gasteiger partial charge in [-0.05, 0) is 18.2 Å². The third-order valence-electron chi connectivity index (χ3n) is 2.99. The van der Waals surface area contributed by atoms with E-state index in [-0.39, 0.29) is 0 Å². The van der Waals surface area contributed by atoms with E-state index in [2.05, 4.69) is 4.98 Å². The van der Waals surface area contributed by atoms with Gasteiger partial charge >= 0.3 is 0 Å². The molecule has 2 heterocycles. The van der Waals surface area contributed by atoms with E-state index in [1.807, 2.05) is 36.4 Å². The Balaban J connectivity index is 1.88. The van der Waals surface area contributed by atoms with Gasteiger partial charge in [-0.1, -0.05) is 18.2 Å². The molecule has 3 rings (SSSR count). The third kappa shape index (κ3) is 2.30. The summed E-state index contributed by atoms with van der Waals surface area (Å²) in [6.07, 6.45) is 3.38. The van der Waals surface area contributed by atoms with Crippen molar-refractivity contribution in [3.63, 3.8) is 0 Å². The predicted octanol–water partition coefficient (Wildman–Crippen LogP) is 2.87. The number of para-hydroxylation sites is 1. The zero-order valence-electron chi connectivity index (χ0n) is 10.4. The summed E-state index contributed by atoms with van der Waals surface area (Å²) in [6.45, 7) is 0.787. The largest absolute Gasteiger partial charge is 0.484 e. The first-order chi connectivity index (χ1) is 9.38. The fourth-order valence-corrected chi connectivity index (χ4v) is 2.07. The van der Waals surface area contributed by atoms with Crippen LogP contribution in [0.1, 0.15) is 11.3 Å². The maximum atomic E-state index is 5.80. The highest BCUT2D eigenvalue weighted by Gasteiger charge is 2.12. The SMILES string of the molecule is NCc1c(COc2cccnc2)oc2ccccc12. The van der Waals surface area contributed by atoms with Gasteiger partial charge in [-0.3, -0.25) is 4.98 Å². The van der Waals surface area contributed by atoms with E-state index in [1.54, 1.807) is 12.4 Å². The van der Waals surface area contributed by atoms with Gasteiger partial charge in [-0.25, -0.2) is 0 Å². The van der Waals surface area contributed by atoms with Gasteiger partial charge in [0.05, 0.1) is 6.20 Å². The first-order valence-electron chi connectivity index (χ1n) is 6.10. The molecule has 0 spiro atoms. The van der Waals surface area contributed by atoms with Crippen molar-refractivity contribution in [2.45, 2.75) is 13.2 Å². The number of furan rings is 1. The Hall–Kier alpha value is -2.33. The molecule has 0 saturated carbocycles. The summed E-state index contributed by atoms with van der Waals surface area (Å²) in [5, 5.41) is 1.05. The minimum Gasteiger partial charge on any atom is -0.484 e. The van der Waals surface area contributed by atoms with E-state index in [1.165, 1.54) is 0 Å². The Bertz CT molecular complexity index is 677. The highest BCUT2D eigenvalue weighted by Crippen LogP contribution is 2.26. The quantitative estimate of drug-likeness (QED) is 0.777. The lowest BCUT2D eigenvalue weighted by atomic mass is 10.1. The second-order valence-corrected chi connectivity index (χ2v) is 4.18. The predicted molar refractivity (Wildman–Crippen MR) is 72.7 cm³/mol. The third-order valence-corrected chi connectivity index (χ3v) is 2.99. The van der Waals surface area contributed by atoms with E-state index in [9.17, 15) is 0 Å². The van der Waals surface area contributed by atoms with Gasteiger partial charge in [0.15, 0.2) is 0 Å². The van der Waals surface area contributed by atoms with Crippen molar-refractivity contribution in [2.24, 2.45) is 5.73 Å². The monoisotopic (exact) mass is 254 g/mol. The molecule has 0 aliphatic rings. The highest BCUT2D eigenvalue weighted by molar-refractivity contribution is 5.82. The number of aromatic nitrogens is 1. The second kappa shape index (κ2) is 5.12. The molecule has 0 aliphatic heterocycles. The summed E-state index contributed by atoms with van der Waals surface area (Å²) in [5.74, 6) is 1.48. The van der Waals surface area contributed by atoms with E-state index in [0.29, 0.717) is 18.9 Å². The second-order valence-electron chi connectivity index (χ2n) is 4.18. The zero-order chi connectivity index (χ0) is 13.1. The minimum atomic E-state index is 0.354. The van der Waals surface area contributed by atoms with Gasteiger partial charge < -0.3 is 14.9 Å². The van der Waals surface area contributed by atoms with Crippen molar-refractivity contribution in [2.75, 3.05) is 0 Å². The fourth-order valence-electron chi connectivity index (χ4n) is 2.07. The summed E-state index contributed by atoms with van der Waals surface area (Å²) in [7, 11) is 0. The Kier molecular flexibility index (Phi) is 3.16. The van der Waals surface area contributed by atoms with Gasteiger partial charge in [0.1, 0.15) is 23.7 Å². The first kappa shape index (κ1) is 11.7. The van der Waals surface area contributed by atoms with Crippen LogP contribution in [0.2, 0.25) is 0 Å². The van der Waals surface area contributed by atoms with Crippen LogP contribution in [0.25, 0.3) is 11.0 Å². The standard InChI is InChI=1S/C15H14N2O2/c16-8-13-12-5-1-2-6-14(12)19-15(13)10-18-11-4-3-7-17-9-11/h1-7,9H,8,10,16H2. The van der Waals surface area contributed by atoms with Crippen LogP contribution in [0.15, 0.2) is 53.2 Å². The normalized spacial score (nSPS) is 10.8. The number of fused-ring (bicyclic) bond motifs is 1. The lowest BCUT2D eigenvalue weighted by molar-refractivity contribution is 0.271. The number of nitrogens with two attached hydrogens (primary N) is 1. The van der Waals surface area contributed by atoms with E-state index < -0.39 is 0 Å². The average Bonchev–Trinajstić information content (AvgIpc) is 2.83. The Morgan fingerprint density at radius 3 is 2.84 bits per heavy atom. The maximum absolute atomic E-state index is 5.80. The molecule has 4 heteroatoms. The van der Waals surface area contributed by atoms with E-state index >= 15 is 0 Å². The summed E-state index contributed by atoms with van der Waals surface area (Å²) >= 11 is 0. The van der Waals surface area contributed by atoms with Crippen LogP contribution in [0.3, 0.4) is 0 Å². The van der Waals surface area contributed by atoms with Crippen LogP contribution in [0.4, 0.5) is 0 Å². The summed E-state index contributed by atoms with van der Waals surface area (Å²) in [5.41, 5.74) is 7.64. The van der Waals surface area contributed by atoms with Crippen molar-refractivity contribution in [3.8, 4) is 5.75 Å². The van der Waals surface area contributed by atoms with Gasteiger partial charge in [0.2, 0.25) is 0 Å². The molecule has 4 nitrogen and oxygen atoms in total. The molecule has 0 aliphatic carbocycles. The molecule has 96 valence electrons. The van der Waals surface area contributed by atoms with Crippen molar-refractivity contribution < 1.29 is 9.15 Å². The molecule has 19 heavy (non-hydrogen) atoms. The first-order valence-corrected chi connectivity index (χ1v) is 6.10. The number of pyridine rings is 1.